The second-order valence-corrected chi connectivity index (χ2v) is 6.78. The second-order valence-electron chi connectivity index (χ2n) is 6.78. The summed E-state index contributed by atoms with van der Waals surface area (Å²) in [6.07, 6.45) is 6.14. The molecule has 0 N–H and O–H groups in total. The fourth-order valence-electron chi connectivity index (χ4n) is 2.59. The first-order valence-corrected chi connectivity index (χ1v) is 7.82. The highest BCUT2D eigenvalue weighted by atomic mass is 16.6. The summed E-state index contributed by atoms with van der Waals surface area (Å²) in [6, 6.07) is 3.98. The van der Waals surface area contributed by atoms with Crippen molar-refractivity contribution in [3.8, 4) is 0 Å². The molecule has 0 spiro atoms. The number of imidazole rings is 1. The molecule has 1 aliphatic rings. The van der Waals surface area contributed by atoms with Crippen molar-refractivity contribution in [1.82, 2.24) is 19.4 Å². The van der Waals surface area contributed by atoms with Crippen molar-refractivity contribution < 1.29 is 9.53 Å². The van der Waals surface area contributed by atoms with Crippen LogP contribution in [0.5, 0.6) is 0 Å². The molecule has 0 saturated carbocycles. The van der Waals surface area contributed by atoms with Crippen LogP contribution >= 0.6 is 0 Å². The van der Waals surface area contributed by atoms with Crippen LogP contribution in [0.25, 0.3) is 0 Å². The molecule has 6 nitrogen and oxygen atoms in total. The van der Waals surface area contributed by atoms with Gasteiger partial charge < -0.3 is 9.30 Å². The number of carbonyl (C=O) groups is 1. The molecule has 2 aromatic rings. The van der Waals surface area contributed by atoms with Gasteiger partial charge in [0.1, 0.15) is 11.4 Å². The zero-order chi connectivity index (χ0) is 16.4. The second kappa shape index (κ2) is 6.02. The number of hydrogen-bond acceptors (Lipinski definition) is 4. The third-order valence-corrected chi connectivity index (χ3v) is 3.64. The standard InChI is InChI=1S/C17H22N4O2/c1-17(2,3)23-16(22)21-9-8-20-11-14(19-15(20)12-21)10-13-4-6-18-7-5-13/h4-7,11H,8-10,12H2,1-3H3. The van der Waals surface area contributed by atoms with Gasteiger partial charge in [-0.2, -0.15) is 0 Å². The van der Waals surface area contributed by atoms with E-state index in [1.54, 1.807) is 17.3 Å². The number of amides is 1. The Morgan fingerprint density at radius 2 is 2.00 bits per heavy atom. The van der Waals surface area contributed by atoms with Crippen LogP contribution in [-0.4, -0.2) is 37.7 Å². The molecule has 0 atom stereocenters. The van der Waals surface area contributed by atoms with Gasteiger partial charge >= 0.3 is 6.09 Å². The number of aromatic nitrogens is 3. The van der Waals surface area contributed by atoms with E-state index in [0.29, 0.717) is 13.1 Å². The number of hydrogen-bond donors (Lipinski definition) is 0. The summed E-state index contributed by atoms with van der Waals surface area (Å²) in [6.45, 7) is 7.52. The molecule has 0 radical (unpaired) electrons. The van der Waals surface area contributed by atoms with Gasteiger partial charge in [-0.25, -0.2) is 9.78 Å². The monoisotopic (exact) mass is 314 g/mol. The van der Waals surface area contributed by atoms with Crippen molar-refractivity contribution in [2.24, 2.45) is 0 Å². The molecule has 1 amide bonds. The van der Waals surface area contributed by atoms with Gasteiger partial charge in [0, 0.05) is 38.1 Å². The Bertz CT molecular complexity index is 688. The molecule has 0 aliphatic carbocycles. The molecule has 2 aromatic heterocycles. The molecule has 0 bridgehead atoms. The summed E-state index contributed by atoms with van der Waals surface area (Å²) < 4.78 is 7.56. The Labute approximate surface area is 136 Å². The average Bonchev–Trinajstić information content (AvgIpc) is 2.87. The summed E-state index contributed by atoms with van der Waals surface area (Å²) in [4.78, 5) is 22.6. The fraction of sp³-hybridized carbons (Fsp3) is 0.471. The minimum Gasteiger partial charge on any atom is -0.444 e. The van der Waals surface area contributed by atoms with E-state index < -0.39 is 5.60 Å². The van der Waals surface area contributed by atoms with Crippen LogP contribution in [0.1, 0.15) is 37.9 Å². The van der Waals surface area contributed by atoms with Crippen LogP contribution in [0.2, 0.25) is 0 Å². The van der Waals surface area contributed by atoms with Gasteiger partial charge in [0.2, 0.25) is 0 Å². The Kier molecular flexibility index (Phi) is 4.07. The minimum atomic E-state index is -0.476. The summed E-state index contributed by atoms with van der Waals surface area (Å²) in [7, 11) is 0. The Hall–Kier alpha value is -2.37. The quantitative estimate of drug-likeness (QED) is 0.855. The number of ether oxygens (including phenoxy) is 1. The van der Waals surface area contributed by atoms with Crippen LogP contribution in [0.3, 0.4) is 0 Å². The topological polar surface area (TPSA) is 60.2 Å². The smallest absolute Gasteiger partial charge is 0.410 e. The van der Waals surface area contributed by atoms with E-state index in [1.807, 2.05) is 32.9 Å². The van der Waals surface area contributed by atoms with Crippen molar-refractivity contribution in [3.05, 3.63) is 47.8 Å². The highest BCUT2D eigenvalue weighted by Crippen LogP contribution is 2.18. The molecule has 23 heavy (non-hydrogen) atoms. The van der Waals surface area contributed by atoms with Crippen molar-refractivity contribution in [3.63, 3.8) is 0 Å². The van der Waals surface area contributed by atoms with Gasteiger partial charge in [0.25, 0.3) is 0 Å². The van der Waals surface area contributed by atoms with Crippen LogP contribution in [0, 0.1) is 0 Å². The summed E-state index contributed by atoms with van der Waals surface area (Å²) >= 11 is 0. The predicted molar refractivity (Wildman–Crippen MR) is 85.9 cm³/mol. The van der Waals surface area contributed by atoms with Gasteiger partial charge in [-0.3, -0.25) is 9.88 Å². The minimum absolute atomic E-state index is 0.276. The largest absolute Gasteiger partial charge is 0.444 e. The summed E-state index contributed by atoms with van der Waals surface area (Å²) in [5, 5.41) is 0. The zero-order valence-electron chi connectivity index (χ0n) is 13.8. The summed E-state index contributed by atoms with van der Waals surface area (Å²) in [5.41, 5.74) is 1.72. The number of carbonyl (C=O) groups excluding carboxylic acids is 1. The number of rotatable bonds is 2. The first-order chi connectivity index (χ1) is 10.9. The molecule has 0 unspecified atom stereocenters. The SMILES string of the molecule is CC(C)(C)OC(=O)N1CCn2cc(Cc3ccncc3)nc2C1. The first-order valence-electron chi connectivity index (χ1n) is 7.82. The molecule has 0 fully saturated rings. The first kappa shape index (κ1) is 15.5. The number of nitrogens with zero attached hydrogens (tertiary/aromatic N) is 4. The van der Waals surface area contributed by atoms with Gasteiger partial charge in [-0.1, -0.05) is 0 Å². The molecule has 0 aromatic carbocycles. The third-order valence-electron chi connectivity index (χ3n) is 3.64. The van der Waals surface area contributed by atoms with Crippen molar-refractivity contribution >= 4 is 6.09 Å². The molecule has 1 aliphatic heterocycles. The van der Waals surface area contributed by atoms with Crippen molar-refractivity contribution in [2.45, 2.75) is 45.9 Å². The molecule has 3 heterocycles. The molecular weight excluding hydrogens is 292 g/mol. The molecular formula is C17H22N4O2. The highest BCUT2D eigenvalue weighted by molar-refractivity contribution is 5.68. The van der Waals surface area contributed by atoms with E-state index in [9.17, 15) is 4.79 Å². The van der Waals surface area contributed by atoms with E-state index in [1.165, 1.54) is 5.56 Å². The summed E-state index contributed by atoms with van der Waals surface area (Å²) in [5.74, 6) is 0.908. The maximum atomic E-state index is 12.2. The van der Waals surface area contributed by atoms with E-state index >= 15 is 0 Å². The third kappa shape index (κ3) is 3.88. The Morgan fingerprint density at radius 1 is 1.26 bits per heavy atom. The maximum Gasteiger partial charge on any atom is 0.410 e. The molecule has 6 heteroatoms. The van der Waals surface area contributed by atoms with Gasteiger partial charge in [-0.15, -0.1) is 0 Å². The van der Waals surface area contributed by atoms with Gasteiger partial charge in [0.15, 0.2) is 0 Å². The number of pyridine rings is 1. The van der Waals surface area contributed by atoms with E-state index in [2.05, 4.69) is 20.7 Å². The average molecular weight is 314 g/mol. The lowest BCUT2D eigenvalue weighted by molar-refractivity contribution is 0.0195. The normalized spacial score (nSPS) is 14.5. The van der Waals surface area contributed by atoms with Crippen LogP contribution in [0.15, 0.2) is 30.7 Å². The van der Waals surface area contributed by atoms with Crippen LogP contribution < -0.4 is 0 Å². The Morgan fingerprint density at radius 3 is 2.70 bits per heavy atom. The lowest BCUT2D eigenvalue weighted by Gasteiger charge is -2.30. The zero-order valence-corrected chi connectivity index (χ0v) is 13.8. The molecule has 3 rings (SSSR count). The lowest BCUT2D eigenvalue weighted by Crippen LogP contribution is -2.41. The van der Waals surface area contributed by atoms with E-state index in [0.717, 1.165) is 24.5 Å². The van der Waals surface area contributed by atoms with Crippen LogP contribution in [0.4, 0.5) is 4.79 Å². The molecule has 0 saturated heterocycles. The van der Waals surface area contributed by atoms with Crippen LogP contribution in [-0.2, 0) is 24.2 Å². The predicted octanol–water partition coefficient (Wildman–Crippen LogP) is 2.62. The highest BCUT2D eigenvalue weighted by Gasteiger charge is 2.26. The van der Waals surface area contributed by atoms with Gasteiger partial charge in [-0.05, 0) is 38.5 Å². The van der Waals surface area contributed by atoms with Crippen molar-refractivity contribution in [1.29, 1.82) is 0 Å². The molecule has 122 valence electrons. The fourth-order valence-corrected chi connectivity index (χ4v) is 2.59. The van der Waals surface area contributed by atoms with E-state index in [-0.39, 0.29) is 6.09 Å². The van der Waals surface area contributed by atoms with Gasteiger partial charge in [0.05, 0.1) is 12.2 Å². The maximum absolute atomic E-state index is 12.2. The van der Waals surface area contributed by atoms with Crippen molar-refractivity contribution in [2.75, 3.05) is 6.54 Å². The number of fused-ring (bicyclic) bond motifs is 1. The lowest BCUT2D eigenvalue weighted by atomic mass is 10.1. The Balaban J connectivity index is 1.68. The van der Waals surface area contributed by atoms with E-state index in [4.69, 9.17) is 4.74 Å².